The number of carbonyl (C=O) groups excluding carboxylic acids is 1. The van der Waals surface area contributed by atoms with Crippen LogP contribution in [-0.2, 0) is 0 Å². The van der Waals surface area contributed by atoms with Crippen LogP contribution in [0.2, 0.25) is 0 Å². The Bertz CT molecular complexity index is 1080. The minimum Gasteiger partial charge on any atom is -0.497 e. The molecule has 0 unspecified atom stereocenters. The van der Waals surface area contributed by atoms with Gasteiger partial charge in [0.1, 0.15) is 5.75 Å². The van der Waals surface area contributed by atoms with E-state index in [0.29, 0.717) is 5.56 Å². The number of pyridine rings is 1. The van der Waals surface area contributed by atoms with E-state index in [1.165, 1.54) is 0 Å². The second kappa shape index (κ2) is 6.37. The Morgan fingerprint density at radius 1 is 1.00 bits per heavy atom. The van der Waals surface area contributed by atoms with E-state index < -0.39 is 5.91 Å². The summed E-state index contributed by atoms with van der Waals surface area (Å²) < 4.78 is 7.01. The number of aromatic nitrogens is 2. The maximum absolute atomic E-state index is 12.1. The molecular formula is C21H17N3O2. The topological polar surface area (TPSA) is 69.6 Å². The van der Waals surface area contributed by atoms with Gasteiger partial charge in [0.2, 0.25) is 5.91 Å². The highest BCUT2D eigenvalue weighted by Crippen LogP contribution is 2.35. The van der Waals surface area contributed by atoms with Gasteiger partial charge in [0.05, 0.1) is 24.4 Å². The van der Waals surface area contributed by atoms with Crippen molar-refractivity contribution in [2.75, 3.05) is 7.11 Å². The third kappa shape index (κ3) is 2.59. The van der Waals surface area contributed by atoms with Gasteiger partial charge in [0.15, 0.2) is 0 Å². The number of hydrogen-bond acceptors (Lipinski definition) is 3. The van der Waals surface area contributed by atoms with Gasteiger partial charge in [0.25, 0.3) is 0 Å². The molecule has 0 radical (unpaired) electrons. The summed E-state index contributed by atoms with van der Waals surface area (Å²) in [7, 11) is 1.62. The van der Waals surface area contributed by atoms with E-state index in [1.807, 2.05) is 60.8 Å². The summed E-state index contributed by atoms with van der Waals surface area (Å²) in [5, 5.41) is 4.46. The summed E-state index contributed by atoms with van der Waals surface area (Å²) in [6.07, 6.45) is 3.57. The lowest BCUT2D eigenvalue weighted by Gasteiger charge is -2.12. The molecule has 0 aliphatic rings. The quantitative estimate of drug-likeness (QED) is 0.613. The van der Waals surface area contributed by atoms with E-state index in [0.717, 1.165) is 33.5 Å². The van der Waals surface area contributed by atoms with Crippen molar-refractivity contribution < 1.29 is 9.53 Å². The molecule has 2 heterocycles. The smallest absolute Gasteiger partial charge is 0.249 e. The summed E-state index contributed by atoms with van der Waals surface area (Å²) in [5.74, 6) is 0.275. The number of carbonyl (C=O) groups is 1. The van der Waals surface area contributed by atoms with E-state index in [2.05, 4.69) is 5.10 Å². The SMILES string of the molecule is COc1ccc(-c2c(C(N)=O)ccn3ncc(-c4ccccc4)c23)cc1. The van der Waals surface area contributed by atoms with E-state index in [-0.39, 0.29) is 0 Å². The van der Waals surface area contributed by atoms with E-state index in [4.69, 9.17) is 10.5 Å². The first kappa shape index (κ1) is 15.9. The van der Waals surface area contributed by atoms with Crippen molar-refractivity contribution >= 4 is 11.4 Å². The average molecular weight is 343 g/mol. The van der Waals surface area contributed by atoms with Crippen molar-refractivity contribution in [2.45, 2.75) is 0 Å². The number of nitrogens with two attached hydrogens (primary N) is 1. The Morgan fingerprint density at radius 3 is 2.38 bits per heavy atom. The molecule has 26 heavy (non-hydrogen) atoms. The summed E-state index contributed by atoms with van der Waals surface area (Å²) in [4.78, 5) is 12.1. The molecule has 0 bridgehead atoms. The summed E-state index contributed by atoms with van der Waals surface area (Å²) in [6.45, 7) is 0. The van der Waals surface area contributed by atoms with Crippen LogP contribution in [0, 0.1) is 0 Å². The van der Waals surface area contributed by atoms with Gasteiger partial charge in [-0.3, -0.25) is 4.79 Å². The standard InChI is InChI=1S/C21H17N3O2/c1-26-16-9-7-15(8-10-16)19-17(21(22)25)11-12-24-20(19)18(13-23-24)14-5-3-2-4-6-14/h2-13H,1H3,(H2,22,25). The summed E-state index contributed by atoms with van der Waals surface area (Å²) in [5.41, 5.74) is 10.6. The number of methoxy groups -OCH3 is 1. The minimum atomic E-state index is -0.474. The maximum Gasteiger partial charge on any atom is 0.249 e. The first-order chi connectivity index (χ1) is 12.7. The molecule has 0 fully saturated rings. The number of benzene rings is 2. The molecular weight excluding hydrogens is 326 g/mol. The molecule has 0 aliphatic carbocycles. The lowest BCUT2D eigenvalue weighted by atomic mass is 9.95. The number of rotatable bonds is 4. The van der Waals surface area contributed by atoms with Gasteiger partial charge in [-0.1, -0.05) is 42.5 Å². The molecule has 2 aromatic carbocycles. The highest BCUT2D eigenvalue weighted by atomic mass is 16.5. The van der Waals surface area contributed by atoms with Crippen LogP contribution in [0.4, 0.5) is 0 Å². The van der Waals surface area contributed by atoms with Crippen molar-refractivity contribution in [1.29, 1.82) is 0 Å². The van der Waals surface area contributed by atoms with Gasteiger partial charge >= 0.3 is 0 Å². The maximum atomic E-state index is 12.1. The third-order valence-corrected chi connectivity index (χ3v) is 4.41. The Morgan fingerprint density at radius 2 is 1.73 bits per heavy atom. The Kier molecular flexibility index (Phi) is 3.89. The first-order valence-corrected chi connectivity index (χ1v) is 8.19. The number of ether oxygens (including phenoxy) is 1. The Labute approximate surface area is 150 Å². The minimum absolute atomic E-state index is 0.459. The second-order valence-corrected chi connectivity index (χ2v) is 5.91. The number of amides is 1. The molecule has 128 valence electrons. The fraction of sp³-hybridized carbons (Fsp3) is 0.0476. The highest BCUT2D eigenvalue weighted by Gasteiger charge is 2.19. The van der Waals surface area contributed by atoms with Crippen molar-refractivity contribution in [1.82, 2.24) is 9.61 Å². The lowest BCUT2D eigenvalue weighted by molar-refractivity contribution is 0.100. The number of hydrogen-bond donors (Lipinski definition) is 1. The zero-order valence-corrected chi connectivity index (χ0v) is 14.2. The summed E-state index contributed by atoms with van der Waals surface area (Å²) in [6, 6.07) is 19.2. The molecule has 4 aromatic rings. The van der Waals surface area contributed by atoms with Gasteiger partial charge in [-0.15, -0.1) is 0 Å². The molecule has 0 spiro atoms. The van der Waals surface area contributed by atoms with Crippen molar-refractivity contribution in [2.24, 2.45) is 5.73 Å². The van der Waals surface area contributed by atoms with Gasteiger partial charge in [-0.2, -0.15) is 5.10 Å². The zero-order valence-electron chi connectivity index (χ0n) is 14.2. The lowest BCUT2D eigenvalue weighted by Crippen LogP contribution is -2.13. The summed E-state index contributed by atoms with van der Waals surface area (Å²) >= 11 is 0. The Hall–Kier alpha value is -3.60. The van der Waals surface area contributed by atoms with Crippen LogP contribution in [-0.4, -0.2) is 22.6 Å². The van der Waals surface area contributed by atoms with Gasteiger partial charge in [-0.05, 0) is 29.3 Å². The molecule has 0 aliphatic heterocycles. The number of nitrogens with zero attached hydrogens (tertiary/aromatic N) is 2. The normalized spacial score (nSPS) is 10.8. The van der Waals surface area contributed by atoms with E-state index >= 15 is 0 Å². The average Bonchev–Trinajstić information content (AvgIpc) is 3.12. The van der Waals surface area contributed by atoms with Crippen LogP contribution >= 0.6 is 0 Å². The van der Waals surface area contributed by atoms with Crippen LogP contribution < -0.4 is 10.5 Å². The predicted molar refractivity (Wildman–Crippen MR) is 101 cm³/mol. The van der Waals surface area contributed by atoms with Crippen LogP contribution in [0.15, 0.2) is 73.1 Å². The van der Waals surface area contributed by atoms with Crippen molar-refractivity contribution in [3.8, 4) is 28.0 Å². The number of fused-ring (bicyclic) bond motifs is 1. The molecule has 4 rings (SSSR count). The molecule has 0 saturated heterocycles. The van der Waals surface area contributed by atoms with Crippen LogP contribution in [0.5, 0.6) is 5.75 Å². The molecule has 5 nitrogen and oxygen atoms in total. The fourth-order valence-electron chi connectivity index (χ4n) is 3.16. The van der Waals surface area contributed by atoms with E-state index in [1.54, 1.807) is 23.9 Å². The van der Waals surface area contributed by atoms with Gasteiger partial charge in [-0.25, -0.2) is 4.52 Å². The van der Waals surface area contributed by atoms with Gasteiger partial charge < -0.3 is 10.5 Å². The van der Waals surface area contributed by atoms with Crippen LogP contribution in [0.1, 0.15) is 10.4 Å². The molecule has 5 heteroatoms. The van der Waals surface area contributed by atoms with Crippen LogP contribution in [0.25, 0.3) is 27.8 Å². The predicted octanol–water partition coefficient (Wildman–Crippen LogP) is 3.78. The van der Waals surface area contributed by atoms with Gasteiger partial charge in [0, 0.05) is 17.3 Å². The number of primary amides is 1. The second-order valence-electron chi connectivity index (χ2n) is 5.91. The van der Waals surface area contributed by atoms with E-state index in [9.17, 15) is 4.79 Å². The molecule has 1 amide bonds. The monoisotopic (exact) mass is 343 g/mol. The zero-order chi connectivity index (χ0) is 18.1. The molecule has 0 atom stereocenters. The highest BCUT2D eigenvalue weighted by molar-refractivity contribution is 6.06. The molecule has 2 aromatic heterocycles. The van der Waals surface area contributed by atoms with Crippen LogP contribution in [0.3, 0.4) is 0 Å². The molecule has 2 N–H and O–H groups in total. The first-order valence-electron chi connectivity index (χ1n) is 8.19. The third-order valence-electron chi connectivity index (χ3n) is 4.41. The Balaban J connectivity index is 2.05. The van der Waals surface area contributed by atoms with Crippen molar-refractivity contribution in [3.05, 3.63) is 78.6 Å². The molecule has 0 saturated carbocycles. The fourth-order valence-corrected chi connectivity index (χ4v) is 3.16. The largest absolute Gasteiger partial charge is 0.497 e. The van der Waals surface area contributed by atoms with Crippen molar-refractivity contribution in [3.63, 3.8) is 0 Å².